The first kappa shape index (κ1) is 25.9. The third kappa shape index (κ3) is 5.86. The topological polar surface area (TPSA) is 64.4 Å². The zero-order valence-electron chi connectivity index (χ0n) is 20.5. The maximum atomic E-state index is 13.7. The molecule has 0 saturated carbocycles. The first-order valence-electron chi connectivity index (χ1n) is 12.0. The molecule has 1 atom stereocenters. The van der Waals surface area contributed by atoms with Crippen molar-refractivity contribution >= 4 is 28.4 Å². The quantitative estimate of drug-likeness (QED) is 0.321. The van der Waals surface area contributed by atoms with Crippen LogP contribution in [0, 0.1) is 6.92 Å². The van der Waals surface area contributed by atoms with Gasteiger partial charge in [0, 0.05) is 25.1 Å². The largest absolute Gasteiger partial charge is 0.383 e. The summed E-state index contributed by atoms with van der Waals surface area (Å²) in [5.41, 5.74) is 2.00. The molecule has 0 fully saturated rings. The van der Waals surface area contributed by atoms with E-state index in [-0.39, 0.29) is 11.5 Å². The number of rotatable bonds is 11. The van der Waals surface area contributed by atoms with E-state index < -0.39 is 6.04 Å². The molecule has 6 nitrogen and oxygen atoms in total. The minimum Gasteiger partial charge on any atom is -0.383 e. The summed E-state index contributed by atoms with van der Waals surface area (Å²) in [6.45, 7) is 6.82. The molecule has 0 radical (unpaired) electrons. The van der Waals surface area contributed by atoms with Gasteiger partial charge in [-0.15, -0.1) is 0 Å². The van der Waals surface area contributed by atoms with E-state index in [4.69, 9.17) is 21.3 Å². The molecule has 0 N–H and O–H groups in total. The van der Waals surface area contributed by atoms with Gasteiger partial charge in [0.15, 0.2) is 0 Å². The van der Waals surface area contributed by atoms with Crippen LogP contribution < -0.4 is 5.56 Å². The molecule has 0 saturated heterocycles. The van der Waals surface area contributed by atoms with Crippen LogP contribution in [0.25, 0.3) is 16.6 Å². The monoisotopic (exact) mass is 483 g/mol. The van der Waals surface area contributed by atoms with Gasteiger partial charge in [0.2, 0.25) is 5.91 Å². The Kier molecular flexibility index (Phi) is 9.25. The number of ether oxygens (including phenoxy) is 1. The second-order valence-electron chi connectivity index (χ2n) is 8.63. The van der Waals surface area contributed by atoms with Gasteiger partial charge in [-0.3, -0.25) is 14.2 Å². The number of methoxy groups -OCH3 is 1. The maximum Gasteiger partial charge on any atom is 0.266 e. The molecule has 3 rings (SSSR count). The minimum atomic E-state index is -0.429. The predicted octanol–water partition coefficient (Wildman–Crippen LogP) is 5.85. The first-order chi connectivity index (χ1) is 16.4. The number of benzene rings is 2. The number of hydrogen-bond donors (Lipinski definition) is 0. The van der Waals surface area contributed by atoms with Crippen LogP contribution in [0.3, 0.4) is 0 Å². The Balaban J connectivity index is 2.12. The highest BCUT2D eigenvalue weighted by Crippen LogP contribution is 2.26. The van der Waals surface area contributed by atoms with Gasteiger partial charge in [0.05, 0.1) is 29.2 Å². The van der Waals surface area contributed by atoms with Gasteiger partial charge in [0.25, 0.3) is 5.56 Å². The molecule has 0 aliphatic carbocycles. The molecule has 7 heteroatoms. The second kappa shape index (κ2) is 12.1. The molecule has 2 aromatic carbocycles. The Morgan fingerprint density at radius 1 is 1.18 bits per heavy atom. The third-order valence-electron chi connectivity index (χ3n) is 6.14. The van der Waals surface area contributed by atoms with Crippen LogP contribution in [-0.2, 0) is 9.53 Å². The van der Waals surface area contributed by atoms with Crippen molar-refractivity contribution in [2.45, 2.75) is 58.9 Å². The smallest absolute Gasteiger partial charge is 0.266 e. The van der Waals surface area contributed by atoms with E-state index in [0.717, 1.165) is 31.2 Å². The Bertz CT molecular complexity index is 1190. The fraction of sp³-hybridized carbons (Fsp3) is 0.444. The lowest BCUT2D eigenvalue weighted by Gasteiger charge is -2.31. The van der Waals surface area contributed by atoms with Crippen LogP contribution >= 0.6 is 11.6 Å². The van der Waals surface area contributed by atoms with Gasteiger partial charge in [-0.05, 0) is 56.2 Å². The van der Waals surface area contributed by atoms with Crippen LogP contribution in [0.4, 0.5) is 0 Å². The number of unbranched alkanes of at least 4 members (excludes halogenated alkanes) is 3. The van der Waals surface area contributed by atoms with E-state index in [2.05, 4.69) is 6.92 Å². The SMILES string of the molecule is CCCCCCC(=O)N(CCOC)C(C)c1nc2ccccc2c(=O)n1-c1ccc(Cl)cc1C. The molecule has 0 aliphatic heterocycles. The van der Waals surface area contributed by atoms with Gasteiger partial charge in [-0.2, -0.15) is 0 Å². The predicted molar refractivity (Wildman–Crippen MR) is 138 cm³/mol. The summed E-state index contributed by atoms with van der Waals surface area (Å²) in [5, 5.41) is 1.13. The van der Waals surface area contributed by atoms with E-state index in [1.54, 1.807) is 28.7 Å². The molecule has 0 aliphatic rings. The van der Waals surface area contributed by atoms with Gasteiger partial charge in [0.1, 0.15) is 5.82 Å². The van der Waals surface area contributed by atoms with Crippen LogP contribution in [-0.4, -0.2) is 40.6 Å². The van der Waals surface area contributed by atoms with E-state index in [1.165, 1.54) is 0 Å². The molecule has 34 heavy (non-hydrogen) atoms. The average Bonchev–Trinajstić information content (AvgIpc) is 2.82. The van der Waals surface area contributed by atoms with Crippen LogP contribution in [0.1, 0.15) is 63.4 Å². The summed E-state index contributed by atoms with van der Waals surface area (Å²) in [4.78, 5) is 33.7. The standard InChI is InChI=1S/C27H34ClN3O3/c1-5-6-7-8-13-25(32)30(16-17-34-4)20(3)26-29-23-12-10-9-11-22(23)27(33)31(26)24-15-14-21(28)18-19(24)2/h9-12,14-15,18,20H,5-8,13,16-17H2,1-4H3. The van der Waals surface area contributed by atoms with Crippen molar-refractivity contribution in [3.05, 3.63) is 69.2 Å². The van der Waals surface area contributed by atoms with Crippen LogP contribution in [0.5, 0.6) is 0 Å². The summed E-state index contributed by atoms with van der Waals surface area (Å²) in [5.74, 6) is 0.564. The number of fused-ring (bicyclic) bond motifs is 1. The number of amides is 1. The Morgan fingerprint density at radius 2 is 1.94 bits per heavy atom. The van der Waals surface area contributed by atoms with Crippen molar-refractivity contribution < 1.29 is 9.53 Å². The lowest BCUT2D eigenvalue weighted by Crippen LogP contribution is -2.39. The summed E-state index contributed by atoms with van der Waals surface area (Å²) in [7, 11) is 1.62. The molecule has 182 valence electrons. The number of aromatic nitrogens is 2. The summed E-state index contributed by atoms with van der Waals surface area (Å²) < 4.78 is 6.92. The lowest BCUT2D eigenvalue weighted by molar-refractivity contribution is -0.134. The van der Waals surface area contributed by atoms with Crippen LogP contribution in [0.2, 0.25) is 5.02 Å². The van der Waals surface area contributed by atoms with E-state index in [9.17, 15) is 9.59 Å². The first-order valence-corrected chi connectivity index (χ1v) is 12.3. The highest BCUT2D eigenvalue weighted by atomic mass is 35.5. The zero-order chi connectivity index (χ0) is 24.7. The Labute approximate surface area is 206 Å². The fourth-order valence-electron chi connectivity index (χ4n) is 4.24. The number of para-hydroxylation sites is 1. The molecule has 3 aromatic rings. The van der Waals surface area contributed by atoms with Crippen molar-refractivity contribution in [1.29, 1.82) is 0 Å². The third-order valence-corrected chi connectivity index (χ3v) is 6.38. The Hall–Kier alpha value is -2.70. The van der Waals surface area contributed by atoms with E-state index in [0.29, 0.717) is 47.0 Å². The molecule has 0 spiro atoms. The lowest BCUT2D eigenvalue weighted by atomic mass is 10.1. The highest BCUT2D eigenvalue weighted by Gasteiger charge is 2.27. The maximum absolute atomic E-state index is 13.7. The van der Waals surface area contributed by atoms with Crippen molar-refractivity contribution in [1.82, 2.24) is 14.5 Å². The normalized spacial score (nSPS) is 12.1. The number of hydrogen-bond acceptors (Lipinski definition) is 4. The Morgan fingerprint density at radius 3 is 2.65 bits per heavy atom. The van der Waals surface area contributed by atoms with Crippen molar-refractivity contribution in [3.8, 4) is 5.69 Å². The van der Waals surface area contributed by atoms with E-state index in [1.807, 2.05) is 44.2 Å². The second-order valence-corrected chi connectivity index (χ2v) is 9.06. The fourth-order valence-corrected chi connectivity index (χ4v) is 4.47. The number of carbonyl (C=O) groups excluding carboxylic acids is 1. The number of nitrogens with zero attached hydrogens (tertiary/aromatic N) is 3. The molecule has 1 aromatic heterocycles. The number of carbonyl (C=O) groups is 1. The molecular weight excluding hydrogens is 450 g/mol. The van der Waals surface area contributed by atoms with Crippen molar-refractivity contribution in [2.75, 3.05) is 20.3 Å². The van der Waals surface area contributed by atoms with Crippen molar-refractivity contribution in [2.24, 2.45) is 0 Å². The molecular formula is C27H34ClN3O3. The summed E-state index contributed by atoms with van der Waals surface area (Å²) in [6.07, 6.45) is 4.56. The molecule has 0 bridgehead atoms. The zero-order valence-corrected chi connectivity index (χ0v) is 21.3. The average molecular weight is 484 g/mol. The van der Waals surface area contributed by atoms with Gasteiger partial charge < -0.3 is 9.64 Å². The summed E-state index contributed by atoms with van der Waals surface area (Å²) >= 11 is 6.19. The molecule has 1 heterocycles. The number of halogens is 1. The number of aryl methyl sites for hydroxylation is 1. The van der Waals surface area contributed by atoms with Crippen molar-refractivity contribution in [3.63, 3.8) is 0 Å². The summed E-state index contributed by atoms with van der Waals surface area (Å²) in [6, 6.07) is 12.3. The molecule has 1 amide bonds. The highest BCUT2D eigenvalue weighted by molar-refractivity contribution is 6.30. The minimum absolute atomic E-state index is 0.0439. The van der Waals surface area contributed by atoms with Gasteiger partial charge in [-0.25, -0.2) is 4.98 Å². The van der Waals surface area contributed by atoms with E-state index >= 15 is 0 Å². The molecule has 1 unspecified atom stereocenters. The van der Waals surface area contributed by atoms with Crippen LogP contribution in [0.15, 0.2) is 47.3 Å². The van der Waals surface area contributed by atoms with Gasteiger partial charge >= 0.3 is 0 Å². The van der Waals surface area contributed by atoms with Gasteiger partial charge in [-0.1, -0.05) is 49.9 Å².